The van der Waals surface area contributed by atoms with Gasteiger partial charge in [0, 0.05) is 5.56 Å². The topological polar surface area (TPSA) is 46.5 Å². The molecule has 0 saturated heterocycles. The molecule has 0 bridgehead atoms. The zero-order valence-electron chi connectivity index (χ0n) is 11.3. The minimum absolute atomic E-state index is 0.0493. The smallest absolute Gasteiger partial charge is 0.342 e. The molecule has 1 aromatic rings. The Balaban J connectivity index is 2.22. The van der Waals surface area contributed by atoms with Gasteiger partial charge in [0.1, 0.15) is 16.9 Å². The summed E-state index contributed by atoms with van der Waals surface area (Å²) in [5, 5.41) is 10.0. The first-order valence-corrected chi connectivity index (χ1v) is 6.79. The lowest BCUT2D eigenvalue weighted by atomic mass is 9.98. The van der Waals surface area contributed by atoms with E-state index < -0.39 is 5.97 Å². The Hall–Kier alpha value is -1.77. The van der Waals surface area contributed by atoms with Crippen molar-refractivity contribution in [1.29, 1.82) is 0 Å². The summed E-state index contributed by atoms with van der Waals surface area (Å²) in [7, 11) is 0. The largest absolute Gasteiger partial charge is 0.506 e. The van der Waals surface area contributed by atoms with Crippen molar-refractivity contribution < 1.29 is 14.6 Å². The number of carbonyl (C=O) groups is 1. The number of para-hydroxylation sites is 1. The molecule has 0 amide bonds. The third kappa shape index (κ3) is 2.65. The van der Waals surface area contributed by atoms with Crippen LogP contribution >= 0.6 is 0 Å². The summed E-state index contributed by atoms with van der Waals surface area (Å²) in [5.74, 6) is -0.489. The first-order chi connectivity index (χ1) is 9.12. The van der Waals surface area contributed by atoms with Crippen LogP contribution in [0.5, 0.6) is 5.75 Å². The van der Waals surface area contributed by atoms with Crippen LogP contribution in [-0.2, 0) is 4.74 Å². The summed E-state index contributed by atoms with van der Waals surface area (Å²) < 4.78 is 5.68. The fraction of sp³-hybridized carbons (Fsp3) is 0.438. The van der Waals surface area contributed by atoms with Gasteiger partial charge in [0.2, 0.25) is 0 Å². The van der Waals surface area contributed by atoms with Gasteiger partial charge in [-0.25, -0.2) is 4.79 Å². The molecular weight excluding hydrogens is 240 g/mol. The number of phenolic OH excluding ortho intramolecular Hbond substituents is 1. The van der Waals surface area contributed by atoms with Gasteiger partial charge >= 0.3 is 5.97 Å². The van der Waals surface area contributed by atoms with Crippen molar-refractivity contribution in [1.82, 2.24) is 0 Å². The predicted molar refractivity (Wildman–Crippen MR) is 75.1 cm³/mol. The van der Waals surface area contributed by atoms with Crippen LogP contribution in [0.2, 0.25) is 0 Å². The molecule has 102 valence electrons. The average molecular weight is 260 g/mol. The Morgan fingerprint density at radius 3 is 2.74 bits per heavy atom. The van der Waals surface area contributed by atoms with Crippen molar-refractivity contribution >= 4 is 12.0 Å². The maximum Gasteiger partial charge on any atom is 0.342 e. The van der Waals surface area contributed by atoms with E-state index in [9.17, 15) is 9.90 Å². The number of esters is 1. The molecule has 0 radical (unpaired) electrons. The van der Waals surface area contributed by atoms with Crippen LogP contribution in [0.15, 0.2) is 24.8 Å². The molecule has 0 spiro atoms. The van der Waals surface area contributed by atoms with E-state index in [-0.39, 0.29) is 16.9 Å². The van der Waals surface area contributed by atoms with Crippen LogP contribution in [0, 0.1) is 0 Å². The average Bonchev–Trinajstić information content (AvgIpc) is 2.88. The second-order valence-electron chi connectivity index (χ2n) is 5.08. The molecule has 1 aliphatic rings. The molecule has 1 aromatic carbocycles. The maximum atomic E-state index is 12.2. The molecule has 0 unspecified atom stereocenters. The van der Waals surface area contributed by atoms with Crippen LogP contribution in [-0.4, -0.2) is 16.7 Å². The molecule has 1 saturated carbocycles. The van der Waals surface area contributed by atoms with E-state index in [4.69, 9.17) is 4.74 Å². The third-order valence-corrected chi connectivity index (χ3v) is 3.98. The molecule has 19 heavy (non-hydrogen) atoms. The van der Waals surface area contributed by atoms with Crippen molar-refractivity contribution in [3.63, 3.8) is 0 Å². The molecule has 3 heteroatoms. The number of hydrogen-bond donors (Lipinski definition) is 1. The zero-order chi connectivity index (χ0) is 13.9. The SMILES string of the molecule is C=Cc1cccc(C(=O)OC2(CC)CCCC2)c1O. The van der Waals surface area contributed by atoms with Crippen molar-refractivity contribution in [3.05, 3.63) is 35.9 Å². The lowest BCUT2D eigenvalue weighted by Gasteiger charge is -2.27. The van der Waals surface area contributed by atoms with Crippen LogP contribution < -0.4 is 0 Å². The highest BCUT2D eigenvalue weighted by Crippen LogP contribution is 2.37. The third-order valence-electron chi connectivity index (χ3n) is 3.98. The predicted octanol–water partition coefficient (Wildman–Crippen LogP) is 3.91. The number of phenols is 1. The Bertz CT molecular complexity index is 485. The van der Waals surface area contributed by atoms with Gasteiger partial charge < -0.3 is 9.84 Å². The molecule has 1 N–H and O–H groups in total. The van der Waals surface area contributed by atoms with Crippen LogP contribution in [0.3, 0.4) is 0 Å². The number of aromatic hydroxyl groups is 1. The molecule has 1 fully saturated rings. The number of benzene rings is 1. The Kier molecular flexibility index (Phi) is 3.93. The molecule has 0 heterocycles. The summed E-state index contributed by atoms with van der Waals surface area (Å²) in [5.41, 5.74) is 0.428. The minimum Gasteiger partial charge on any atom is -0.506 e. The quantitative estimate of drug-likeness (QED) is 0.835. The normalized spacial score (nSPS) is 17.1. The van der Waals surface area contributed by atoms with Crippen molar-refractivity contribution in [2.45, 2.75) is 44.6 Å². The van der Waals surface area contributed by atoms with Gasteiger partial charge in [-0.3, -0.25) is 0 Å². The van der Waals surface area contributed by atoms with Crippen molar-refractivity contribution in [2.24, 2.45) is 0 Å². The van der Waals surface area contributed by atoms with Gasteiger partial charge in [-0.15, -0.1) is 0 Å². The Morgan fingerprint density at radius 2 is 2.16 bits per heavy atom. The van der Waals surface area contributed by atoms with E-state index in [0.717, 1.165) is 32.1 Å². The zero-order valence-corrected chi connectivity index (χ0v) is 11.3. The fourth-order valence-electron chi connectivity index (χ4n) is 2.69. The maximum absolute atomic E-state index is 12.2. The molecular formula is C16H20O3. The second kappa shape index (κ2) is 5.47. The highest BCUT2D eigenvalue weighted by atomic mass is 16.6. The summed E-state index contributed by atoms with van der Waals surface area (Å²) in [6, 6.07) is 5.02. The Labute approximate surface area is 113 Å². The molecule has 2 rings (SSSR count). The molecule has 1 aliphatic carbocycles. The van der Waals surface area contributed by atoms with Gasteiger partial charge in [-0.05, 0) is 38.2 Å². The van der Waals surface area contributed by atoms with E-state index in [2.05, 4.69) is 6.58 Å². The Morgan fingerprint density at radius 1 is 1.47 bits per heavy atom. The van der Waals surface area contributed by atoms with Gasteiger partial charge in [-0.2, -0.15) is 0 Å². The number of ether oxygens (including phenoxy) is 1. The lowest BCUT2D eigenvalue weighted by Crippen LogP contribution is -2.31. The van der Waals surface area contributed by atoms with E-state index in [1.54, 1.807) is 18.2 Å². The van der Waals surface area contributed by atoms with Crippen molar-refractivity contribution in [2.75, 3.05) is 0 Å². The minimum atomic E-state index is -0.440. The summed E-state index contributed by atoms with van der Waals surface area (Å²) in [6.07, 6.45) is 6.37. The summed E-state index contributed by atoms with van der Waals surface area (Å²) in [6.45, 7) is 5.65. The second-order valence-corrected chi connectivity index (χ2v) is 5.08. The molecule has 3 nitrogen and oxygen atoms in total. The fourth-order valence-corrected chi connectivity index (χ4v) is 2.69. The van der Waals surface area contributed by atoms with Crippen LogP contribution in [0.4, 0.5) is 0 Å². The van der Waals surface area contributed by atoms with Gasteiger partial charge in [-0.1, -0.05) is 31.7 Å². The molecule has 0 aromatic heterocycles. The van der Waals surface area contributed by atoms with E-state index in [1.165, 1.54) is 6.08 Å². The van der Waals surface area contributed by atoms with E-state index in [1.807, 2.05) is 6.92 Å². The highest BCUT2D eigenvalue weighted by molar-refractivity contribution is 5.94. The first kappa shape index (κ1) is 13.7. The van der Waals surface area contributed by atoms with Gasteiger partial charge in [0.15, 0.2) is 0 Å². The van der Waals surface area contributed by atoms with Crippen LogP contribution in [0.1, 0.15) is 54.9 Å². The molecule has 0 atom stereocenters. The van der Waals surface area contributed by atoms with E-state index >= 15 is 0 Å². The number of carbonyl (C=O) groups excluding carboxylic acids is 1. The highest BCUT2D eigenvalue weighted by Gasteiger charge is 2.36. The number of hydrogen-bond acceptors (Lipinski definition) is 3. The van der Waals surface area contributed by atoms with Gasteiger partial charge in [0.25, 0.3) is 0 Å². The van der Waals surface area contributed by atoms with Gasteiger partial charge in [0.05, 0.1) is 0 Å². The van der Waals surface area contributed by atoms with Crippen molar-refractivity contribution in [3.8, 4) is 5.75 Å². The van der Waals surface area contributed by atoms with Crippen LogP contribution in [0.25, 0.3) is 6.08 Å². The molecule has 0 aliphatic heterocycles. The number of rotatable bonds is 4. The standard InChI is InChI=1S/C16H20O3/c1-3-12-8-7-9-13(14(12)17)15(18)19-16(4-2)10-5-6-11-16/h3,7-9,17H,1,4-6,10-11H2,2H3. The summed E-state index contributed by atoms with van der Waals surface area (Å²) in [4.78, 5) is 12.2. The van der Waals surface area contributed by atoms with E-state index in [0.29, 0.717) is 5.56 Å². The monoisotopic (exact) mass is 260 g/mol. The summed E-state index contributed by atoms with van der Waals surface area (Å²) >= 11 is 0. The first-order valence-electron chi connectivity index (χ1n) is 6.79. The lowest BCUT2D eigenvalue weighted by molar-refractivity contribution is -0.0174.